The lowest BCUT2D eigenvalue weighted by Crippen LogP contribution is -2.36. The highest BCUT2D eigenvalue weighted by molar-refractivity contribution is 7.98. The highest BCUT2D eigenvalue weighted by Gasteiger charge is 2.34. The molecule has 1 saturated heterocycles. The Kier molecular flexibility index (Phi) is 5.67. The molecule has 5 heteroatoms. The van der Waals surface area contributed by atoms with Gasteiger partial charge in [0.1, 0.15) is 0 Å². The van der Waals surface area contributed by atoms with Gasteiger partial charge in [-0.05, 0) is 18.7 Å². The van der Waals surface area contributed by atoms with E-state index in [0.29, 0.717) is 19.5 Å². The topological polar surface area (TPSA) is 49.4 Å². The summed E-state index contributed by atoms with van der Waals surface area (Å²) in [4.78, 5) is 25.9. The summed E-state index contributed by atoms with van der Waals surface area (Å²) >= 11 is 1.70. The van der Waals surface area contributed by atoms with Gasteiger partial charge in [0.05, 0.1) is 12.0 Å². The predicted octanol–water partition coefficient (Wildman–Crippen LogP) is 2.08. The van der Waals surface area contributed by atoms with Crippen LogP contribution >= 0.6 is 11.8 Å². The third-order valence-corrected chi connectivity index (χ3v) is 4.49. The van der Waals surface area contributed by atoms with Crippen LogP contribution in [0.15, 0.2) is 30.3 Å². The van der Waals surface area contributed by atoms with Crippen LogP contribution in [0.5, 0.6) is 0 Å². The minimum absolute atomic E-state index is 0.000483. The standard InChI is InChI=1S/C16H22N2O2S/c1-3-18-10-13(9-15(18)19)16(20)17-14(11-21-2)12-7-5-4-6-8-12/h4-8,13-14H,3,9-11H2,1-2H3,(H,17,20)/t13-,14-/m0/s1. The summed E-state index contributed by atoms with van der Waals surface area (Å²) < 4.78 is 0. The Labute approximate surface area is 130 Å². The fourth-order valence-electron chi connectivity index (χ4n) is 2.62. The first-order valence-corrected chi connectivity index (χ1v) is 8.67. The Hall–Kier alpha value is -1.49. The number of amides is 2. The van der Waals surface area contributed by atoms with E-state index in [4.69, 9.17) is 0 Å². The molecule has 21 heavy (non-hydrogen) atoms. The molecule has 0 unspecified atom stereocenters. The first-order chi connectivity index (χ1) is 10.2. The number of hydrogen-bond donors (Lipinski definition) is 1. The van der Waals surface area contributed by atoms with E-state index in [-0.39, 0.29) is 23.8 Å². The number of thioether (sulfide) groups is 1. The van der Waals surface area contributed by atoms with Crippen molar-refractivity contribution in [2.45, 2.75) is 19.4 Å². The predicted molar refractivity (Wildman–Crippen MR) is 86.1 cm³/mol. The molecule has 0 saturated carbocycles. The molecule has 2 atom stereocenters. The maximum atomic E-state index is 12.4. The number of benzene rings is 1. The third kappa shape index (κ3) is 4.00. The molecule has 1 N–H and O–H groups in total. The van der Waals surface area contributed by atoms with Crippen LogP contribution in [-0.4, -0.2) is 41.8 Å². The molecule has 0 aliphatic carbocycles. The Morgan fingerprint density at radius 3 is 2.71 bits per heavy atom. The maximum absolute atomic E-state index is 12.4. The molecule has 1 aromatic rings. The quantitative estimate of drug-likeness (QED) is 0.875. The lowest BCUT2D eigenvalue weighted by molar-refractivity contribution is -0.129. The number of rotatable bonds is 6. The normalized spacial score (nSPS) is 19.6. The van der Waals surface area contributed by atoms with Gasteiger partial charge in [-0.25, -0.2) is 0 Å². The molecule has 0 radical (unpaired) electrons. The minimum atomic E-state index is -0.217. The molecule has 1 heterocycles. The summed E-state index contributed by atoms with van der Waals surface area (Å²) in [5.41, 5.74) is 1.11. The zero-order valence-corrected chi connectivity index (χ0v) is 13.4. The molecular formula is C16H22N2O2S. The molecule has 4 nitrogen and oxygen atoms in total. The second-order valence-corrected chi connectivity index (χ2v) is 6.17. The van der Waals surface area contributed by atoms with Crippen LogP contribution in [-0.2, 0) is 9.59 Å². The van der Waals surface area contributed by atoms with Crippen molar-refractivity contribution in [1.29, 1.82) is 0 Å². The average molecular weight is 306 g/mol. The van der Waals surface area contributed by atoms with Gasteiger partial charge in [-0.3, -0.25) is 9.59 Å². The fraction of sp³-hybridized carbons (Fsp3) is 0.500. The summed E-state index contributed by atoms with van der Waals surface area (Å²) in [6.45, 7) is 3.16. The van der Waals surface area contributed by atoms with Gasteiger partial charge in [-0.2, -0.15) is 11.8 Å². The number of likely N-dealkylation sites (tertiary alicyclic amines) is 1. The van der Waals surface area contributed by atoms with Crippen molar-refractivity contribution in [2.75, 3.05) is 25.1 Å². The summed E-state index contributed by atoms with van der Waals surface area (Å²) in [6.07, 6.45) is 2.36. The highest BCUT2D eigenvalue weighted by Crippen LogP contribution is 2.21. The minimum Gasteiger partial charge on any atom is -0.348 e. The van der Waals surface area contributed by atoms with Gasteiger partial charge in [0.25, 0.3) is 0 Å². The van der Waals surface area contributed by atoms with E-state index < -0.39 is 0 Å². The van der Waals surface area contributed by atoms with Crippen molar-refractivity contribution in [2.24, 2.45) is 5.92 Å². The van der Waals surface area contributed by atoms with Gasteiger partial charge >= 0.3 is 0 Å². The highest BCUT2D eigenvalue weighted by atomic mass is 32.2. The first kappa shape index (κ1) is 15.9. The van der Waals surface area contributed by atoms with Gasteiger partial charge in [0.15, 0.2) is 0 Å². The van der Waals surface area contributed by atoms with Crippen LogP contribution in [0, 0.1) is 5.92 Å². The second-order valence-electron chi connectivity index (χ2n) is 5.26. The largest absolute Gasteiger partial charge is 0.348 e. The molecule has 114 valence electrons. The molecule has 1 aromatic carbocycles. The number of hydrogen-bond acceptors (Lipinski definition) is 3. The number of nitrogens with zero attached hydrogens (tertiary/aromatic N) is 1. The molecule has 1 aliphatic rings. The lowest BCUT2D eigenvalue weighted by atomic mass is 10.0. The van der Waals surface area contributed by atoms with Crippen LogP contribution in [0.2, 0.25) is 0 Å². The van der Waals surface area contributed by atoms with Crippen LogP contribution in [0.3, 0.4) is 0 Å². The number of carbonyl (C=O) groups is 2. The van der Waals surface area contributed by atoms with Crippen molar-refractivity contribution in [3.63, 3.8) is 0 Å². The van der Waals surface area contributed by atoms with Crippen molar-refractivity contribution >= 4 is 23.6 Å². The van der Waals surface area contributed by atoms with E-state index in [1.807, 2.05) is 43.5 Å². The van der Waals surface area contributed by atoms with Crippen LogP contribution in [0.25, 0.3) is 0 Å². The van der Waals surface area contributed by atoms with Crippen LogP contribution < -0.4 is 5.32 Å². The Balaban J connectivity index is 2.01. The zero-order chi connectivity index (χ0) is 15.2. The first-order valence-electron chi connectivity index (χ1n) is 7.27. The van der Waals surface area contributed by atoms with E-state index in [1.165, 1.54) is 0 Å². The molecule has 0 spiro atoms. The van der Waals surface area contributed by atoms with Gasteiger partial charge in [0.2, 0.25) is 11.8 Å². The van der Waals surface area contributed by atoms with Gasteiger partial charge < -0.3 is 10.2 Å². The Bertz CT molecular complexity index is 492. The van der Waals surface area contributed by atoms with Crippen LogP contribution in [0.4, 0.5) is 0 Å². The van der Waals surface area contributed by atoms with E-state index in [9.17, 15) is 9.59 Å². The number of carbonyl (C=O) groups excluding carboxylic acids is 2. The smallest absolute Gasteiger partial charge is 0.225 e. The van der Waals surface area contributed by atoms with E-state index in [2.05, 4.69) is 5.32 Å². The molecule has 2 rings (SSSR count). The molecule has 1 fully saturated rings. The molecule has 0 aromatic heterocycles. The van der Waals surface area contributed by atoms with Crippen molar-refractivity contribution in [3.8, 4) is 0 Å². The van der Waals surface area contributed by atoms with Gasteiger partial charge in [0, 0.05) is 25.3 Å². The van der Waals surface area contributed by atoms with Crippen molar-refractivity contribution in [3.05, 3.63) is 35.9 Å². The zero-order valence-electron chi connectivity index (χ0n) is 12.5. The summed E-state index contributed by atoms with van der Waals surface area (Å²) in [6, 6.07) is 9.98. The SMILES string of the molecule is CCN1C[C@@H](C(=O)N[C@@H](CSC)c2ccccc2)CC1=O. The second kappa shape index (κ2) is 7.50. The van der Waals surface area contributed by atoms with Gasteiger partial charge in [-0.1, -0.05) is 30.3 Å². The summed E-state index contributed by atoms with van der Waals surface area (Å²) in [5.74, 6) is 0.681. The van der Waals surface area contributed by atoms with E-state index in [0.717, 1.165) is 11.3 Å². The number of nitrogens with one attached hydrogen (secondary N) is 1. The van der Waals surface area contributed by atoms with E-state index >= 15 is 0 Å². The maximum Gasteiger partial charge on any atom is 0.225 e. The molecular weight excluding hydrogens is 284 g/mol. The van der Waals surface area contributed by atoms with Gasteiger partial charge in [-0.15, -0.1) is 0 Å². The lowest BCUT2D eigenvalue weighted by Gasteiger charge is -2.20. The molecule has 2 amide bonds. The Morgan fingerprint density at radius 2 is 2.14 bits per heavy atom. The average Bonchev–Trinajstić information content (AvgIpc) is 2.89. The monoisotopic (exact) mass is 306 g/mol. The summed E-state index contributed by atoms with van der Waals surface area (Å²) in [7, 11) is 0. The van der Waals surface area contributed by atoms with Crippen molar-refractivity contribution < 1.29 is 9.59 Å². The molecule has 1 aliphatic heterocycles. The molecule has 0 bridgehead atoms. The Morgan fingerprint density at radius 1 is 1.43 bits per heavy atom. The van der Waals surface area contributed by atoms with E-state index in [1.54, 1.807) is 16.7 Å². The third-order valence-electron chi connectivity index (χ3n) is 3.82. The fourth-order valence-corrected chi connectivity index (χ4v) is 3.23. The van der Waals surface area contributed by atoms with Crippen LogP contribution in [0.1, 0.15) is 24.9 Å². The summed E-state index contributed by atoms with van der Waals surface area (Å²) in [5, 5.41) is 3.10. The van der Waals surface area contributed by atoms with Crippen molar-refractivity contribution in [1.82, 2.24) is 10.2 Å².